The minimum atomic E-state index is -0.598. The number of aryl methyl sites for hydroxylation is 1. The molecule has 0 aliphatic heterocycles. The highest BCUT2D eigenvalue weighted by atomic mass is 35.5. The average Bonchev–Trinajstić information content (AvgIpc) is 2.29. The molecule has 5 nitrogen and oxygen atoms in total. The van der Waals surface area contributed by atoms with E-state index < -0.39 is 6.04 Å². The molecule has 1 heterocycles. The summed E-state index contributed by atoms with van der Waals surface area (Å²) in [7, 11) is 0. The minimum absolute atomic E-state index is 0. The van der Waals surface area contributed by atoms with Gasteiger partial charge in [-0.3, -0.25) is 9.59 Å². The van der Waals surface area contributed by atoms with Crippen LogP contribution < -0.4 is 16.6 Å². The number of aromatic nitrogens is 1. The van der Waals surface area contributed by atoms with Gasteiger partial charge in [0, 0.05) is 18.8 Å². The topological polar surface area (TPSA) is 77.1 Å². The fourth-order valence-corrected chi connectivity index (χ4v) is 1.47. The van der Waals surface area contributed by atoms with Crippen LogP contribution in [0, 0.1) is 5.41 Å². The molecule has 1 aromatic heterocycles. The van der Waals surface area contributed by atoms with E-state index in [0.717, 1.165) is 0 Å². The van der Waals surface area contributed by atoms with E-state index in [9.17, 15) is 9.59 Å². The Morgan fingerprint density at radius 3 is 2.47 bits per heavy atom. The maximum absolute atomic E-state index is 11.9. The van der Waals surface area contributed by atoms with Gasteiger partial charge in [0.2, 0.25) is 5.91 Å². The van der Waals surface area contributed by atoms with Gasteiger partial charge in [-0.2, -0.15) is 0 Å². The van der Waals surface area contributed by atoms with Crippen molar-refractivity contribution in [1.82, 2.24) is 4.57 Å². The van der Waals surface area contributed by atoms with Crippen LogP contribution in [0.15, 0.2) is 23.1 Å². The summed E-state index contributed by atoms with van der Waals surface area (Å²) in [6.45, 7) is 8.15. The first-order chi connectivity index (χ1) is 8.25. The van der Waals surface area contributed by atoms with Crippen LogP contribution >= 0.6 is 12.4 Å². The van der Waals surface area contributed by atoms with Crippen LogP contribution in [0.2, 0.25) is 0 Å². The molecule has 0 unspecified atom stereocenters. The summed E-state index contributed by atoms with van der Waals surface area (Å²) in [5, 5.41) is 2.73. The molecule has 0 radical (unpaired) electrons. The molecule has 1 aromatic rings. The molecule has 1 atom stereocenters. The number of anilines is 1. The lowest BCUT2D eigenvalue weighted by molar-refractivity contribution is -0.119. The lowest BCUT2D eigenvalue weighted by atomic mass is 9.87. The lowest BCUT2D eigenvalue weighted by Crippen LogP contribution is -2.45. The molecule has 1 amide bonds. The Balaban J connectivity index is 0.00000324. The second-order valence-electron chi connectivity index (χ2n) is 5.37. The number of amides is 1. The summed E-state index contributed by atoms with van der Waals surface area (Å²) < 4.78 is 1.53. The van der Waals surface area contributed by atoms with Crippen molar-refractivity contribution in [1.29, 1.82) is 0 Å². The third-order valence-electron chi connectivity index (χ3n) is 2.81. The molecule has 19 heavy (non-hydrogen) atoms. The minimum Gasteiger partial charge on any atom is -0.323 e. The van der Waals surface area contributed by atoms with Crippen LogP contribution in [-0.2, 0) is 11.3 Å². The van der Waals surface area contributed by atoms with E-state index in [1.807, 2.05) is 27.7 Å². The van der Waals surface area contributed by atoms with Crippen molar-refractivity contribution in [3.8, 4) is 0 Å². The van der Waals surface area contributed by atoms with Crippen LogP contribution in [0.3, 0.4) is 0 Å². The van der Waals surface area contributed by atoms with Gasteiger partial charge in [0.05, 0.1) is 11.7 Å². The number of hydrogen-bond acceptors (Lipinski definition) is 3. The highest BCUT2D eigenvalue weighted by Crippen LogP contribution is 2.18. The van der Waals surface area contributed by atoms with Gasteiger partial charge in [-0.25, -0.2) is 0 Å². The number of hydrogen-bond donors (Lipinski definition) is 2. The van der Waals surface area contributed by atoms with Gasteiger partial charge in [0.1, 0.15) is 0 Å². The fraction of sp³-hybridized carbons (Fsp3) is 0.538. The Morgan fingerprint density at radius 2 is 2.00 bits per heavy atom. The molecule has 0 saturated carbocycles. The van der Waals surface area contributed by atoms with Gasteiger partial charge >= 0.3 is 0 Å². The number of nitrogens with zero attached hydrogens (tertiary/aromatic N) is 1. The van der Waals surface area contributed by atoms with Crippen molar-refractivity contribution in [2.24, 2.45) is 11.1 Å². The maximum atomic E-state index is 11.9. The van der Waals surface area contributed by atoms with Crippen molar-refractivity contribution in [2.45, 2.75) is 40.3 Å². The predicted octanol–water partition coefficient (Wildman–Crippen LogP) is 1.60. The van der Waals surface area contributed by atoms with Crippen molar-refractivity contribution < 1.29 is 4.79 Å². The largest absolute Gasteiger partial charge is 0.323 e. The number of carbonyl (C=O) groups excluding carboxylic acids is 1. The monoisotopic (exact) mass is 287 g/mol. The van der Waals surface area contributed by atoms with E-state index in [1.165, 1.54) is 10.6 Å². The van der Waals surface area contributed by atoms with Crippen LogP contribution in [0.5, 0.6) is 0 Å². The Morgan fingerprint density at radius 1 is 1.42 bits per heavy atom. The number of halogens is 1. The summed E-state index contributed by atoms with van der Waals surface area (Å²) in [6.07, 6.45) is 1.62. The molecular weight excluding hydrogens is 266 g/mol. The van der Waals surface area contributed by atoms with Crippen LogP contribution in [0.25, 0.3) is 0 Å². The first-order valence-electron chi connectivity index (χ1n) is 6.02. The molecule has 3 N–H and O–H groups in total. The Kier molecular flexibility index (Phi) is 6.25. The number of rotatable bonds is 3. The number of pyridine rings is 1. The van der Waals surface area contributed by atoms with Gasteiger partial charge < -0.3 is 15.6 Å². The second kappa shape index (κ2) is 6.73. The third kappa shape index (κ3) is 4.69. The molecule has 0 saturated heterocycles. The quantitative estimate of drug-likeness (QED) is 0.886. The average molecular weight is 288 g/mol. The third-order valence-corrected chi connectivity index (χ3v) is 2.81. The lowest BCUT2D eigenvalue weighted by Gasteiger charge is -2.25. The summed E-state index contributed by atoms with van der Waals surface area (Å²) in [5.41, 5.74) is 6.06. The maximum Gasteiger partial charge on any atom is 0.250 e. The van der Waals surface area contributed by atoms with Gasteiger partial charge in [-0.1, -0.05) is 20.8 Å². The summed E-state index contributed by atoms with van der Waals surface area (Å²) in [4.78, 5) is 23.3. The Labute approximate surface area is 119 Å². The van der Waals surface area contributed by atoms with Crippen LogP contribution in [0.4, 0.5) is 5.69 Å². The van der Waals surface area contributed by atoms with Crippen LogP contribution in [0.1, 0.15) is 27.7 Å². The zero-order valence-electron chi connectivity index (χ0n) is 11.8. The zero-order valence-corrected chi connectivity index (χ0v) is 12.6. The second-order valence-corrected chi connectivity index (χ2v) is 5.37. The SMILES string of the molecule is CCn1cc(NC(=O)[C@@H](N)C(C)(C)C)ccc1=O.Cl. The van der Waals surface area contributed by atoms with E-state index in [-0.39, 0.29) is 29.3 Å². The van der Waals surface area contributed by atoms with E-state index in [1.54, 1.807) is 12.3 Å². The van der Waals surface area contributed by atoms with Gasteiger partial charge in [0.15, 0.2) is 0 Å². The highest BCUT2D eigenvalue weighted by Gasteiger charge is 2.27. The zero-order chi connectivity index (χ0) is 13.9. The summed E-state index contributed by atoms with van der Waals surface area (Å²) >= 11 is 0. The highest BCUT2D eigenvalue weighted by molar-refractivity contribution is 5.95. The molecule has 6 heteroatoms. The Hall–Kier alpha value is -1.33. The van der Waals surface area contributed by atoms with Gasteiger partial charge in [0.25, 0.3) is 5.56 Å². The molecular formula is C13H22ClN3O2. The van der Waals surface area contributed by atoms with E-state index >= 15 is 0 Å². The van der Waals surface area contributed by atoms with E-state index in [0.29, 0.717) is 12.2 Å². The smallest absolute Gasteiger partial charge is 0.250 e. The Bertz CT molecular complexity index is 491. The summed E-state index contributed by atoms with van der Waals surface area (Å²) in [5.74, 6) is -0.246. The molecule has 108 valence electrons. The van der Waals surface area contributed by atoms with Crippen molar-refractivity contribution in [3.63, 3.8) is 0 Å². The molecule has 0 bridgehead atoms. The van der Waals surface area contributed by atoms with Crippen molar-refractivity contribution in [3.05, 3.63) is 28.7 Å². The molecule has 0 aliphatic rings. The normalized spacial score (nSPS) is 12.5. The van der Waals surface area contributed by atoms with Gasteiger partial charge in [-0.15, -0.1) is 12.4 Å². The van der Waals surface area contributed by atoms with Gasteiger partial charge in [-0.05, 0) is 18.4 Å². The molecule has 0 fully saturated rings. The summed E-state index contributed by atoms with van der Waals surface area (Å²) in [6, 6.07) is 2.42. The number of nitrogens with two attached hydrogens (primary N) is 1. The number of nitrogens with one attached hydrogen (secondary N) is 1. The molecule has 1 rings (SSSR count). The molecule has 0 aromatic carbocycles. The standard InChI is InChI=1S/C13H21N3O2.ClH/c1-5-16-8-9(6-7-10(16)17)15-12(18)11(14)13(2,3)4;/h6-8,11H,5,14H2,1-4H3,(H,15,18);1H/t11-;/m1./s1. The number of carbonyl (C=O) groups is 1. The first-order valence-corrected chi connectivity index (χ1v) is 6.02. The van der Waals surface area contributed by atoms with Crippen molar-refractivity contribution >= 4 is 24.0 Å². The van der Waals surface area contributed by atoms with Crippen LogP contribution in [-0.4, -0.2) is 16.5 Å². The van der Waals surface area contributed by atoms with E-state index in [2.05, 4.69) is 5.32 Å². The fourth-order valence-electron chi connectivity index (χ4n) is 1.47. The predicted molar refractivity (Wildman–Crippen MR) is 79.7 cm³/mol. The van der Waals surface area contributed by atoms with E-state index in [4.69, 9.17) is 5.73 Å². The van der Waals surface area contributed by atoms with Crippen molar-refractivity contribution in [2.75, 3.05) is 5.32 Å². The molecule has 0 spiro atoms. The first kappa shape index (κ1) is 17.7. The molecule has 0 aliphatic carbocycles.